The lowest BCUT2D eigenvalue weighted by atomic mass is 10.1. The second kappa shape index (κ2) is 2.08. The molecule has 0 radical (unpaired) electrons. The summed E-state index contributed by atoms with van der Waals surface area (Å²) < 4.78 is 0. The summed E-state index contributed by atoms with van der Waals surface area (Å²) in [4.78, 5) is 0. The first kappa shape index (κ1) is 5.49. The van der Waals surface area contributed by atoms with E-state index >= 15 is 0 Å². The Morgan fingerprint density at radius 1 is 1.43 bits per heavy atom. The van der Waals surface area contributed by atoms with E-state index in [4.69, 9.17) is 0 Å². The van der Waals surface area contributed by atoms with Gasteiger partial charge in [0.1, 0.15) is 0 Å². The van der Waals surface area contributed by atoms with Crippen molar-refractivity contribution < 1.29 is 0 Å². The van der Waals surface area contributed by atoms with Crippen molar-refractivity contribution in [3.63, 3.8) is 0 Å². The second-order valence-corrected chi connectivity index (χ2v) is 3.96. The lowest BCUT2D eigenvalue weighted by molar-refractivity contribution is 0.626. The fourth-order valence-corrected chi connectivity index (χ4v) is 2.29. The molecule has 1 fully saturated rings. The maximum absolute atomic E-state index is 2.33. The molecule has 0 N–H and O–H groups in total. The molecule has 0 nitrogen and oxygen atoms in total. The molecule has 42 valence electrons. The van der Waals surface area contributed by atoms with E-state index < -0.39 is 0 Å². The van der Waals surface area contributed by atoms with E-state index in [1.165, 1.54) is 12.2 Å². The highest BCUT2D eigenvalue weighted by atomic mass is 32.2. The van der Waals surface area contributed by atoms with Crippen molar-refractivity contribution in [3.8, 4) is 0 Å². The Labute approximate surface area is 49.7 Å². The van der Waals surface area contributed by atoms with Crippen LogP contribution in [-0.4, -0.2) is 11.0 Å². The molecule has 1 rings (SSSR count). The molecule has 1 aliphatic rings. The van der Waals surface area contributed by atoms with Crippen molar-refractivity contribution in [3.05, 3.63) is 0 Å². The molecule has 1 aliphatic heterocycles. The second-order valence-electron chi connectivity index (χ2n) is 2.48. The maximum Gasteiger partial charge on any atom is 0.00216 e. The summed E-state index contributed by atoms with van der Waals surface area (Å²) in [5.74, 6) is 2.38. The van der Waals surface area contributed by atoms with Crippen molar-refractivity contribution in [2.24, 2.45) is 5.92 Å². The Morgan fingerprint density at radius 3 is 2.29 bits per heavy atom. The van der Waals surface area contributed by atoms with E-state index in [-0.39, 0.29) is 0 Å². The van der Waals surface area contributed by atoms with Crippen LogP contribution in [0.5, 0.6) is 0 Å². The molecule has 0 aromatic rings. The lowest BCUT2D eigenvalue weighted by Crippen LogP contribution is -1.90. The molecule has 1 heteroatoms. The third-order valence-electron chi connectivity index (χ3n) is 1.40. The van der Waals surface area contributed by atoms with Crippen molar-refractivity contribution in [2.45, 2.75) is 25.5 Å². The summed E-state index contributed by atoms with van der Waals surface area (Å²) in [5.41, 5.74) is 0. The molecule has 0 aliphatic carbocycles. The van der Waals surface area contributed by atoms with Crippen LogP contribution in [0.4, 0.5) is 0 Å². The van der Waals surface area contributed by atoms with E-state index in [2.05, 4.69) is 25.6 Å². The molecule has 1 saturated heterocycles. The molecule has 1 heterocycles. The minimum absolute atomic E-state index is 0.940. The van der Waals surface area contributed by atoms with Gasteiger partial charge in [0.25, 0.3) is 0 Å². The summed E-state index contributed by atoms with van der Waals surface area (Å²) in [6, 6.07) is 0. The fraction of sp³-hybridized carbons (Fsp3) is 1.00. The molecule has 0 aromatic carbocycles. The van der Waals surface area contributed by atoms with E-state index in [1.54, 1.807) is 0 Å². The minimum atomic E-state index is 0.940. The first-order valence-electron chi connectivity index (χ1n) is 2.90. The van der Waals surface area contributed by atoms with Crippen LogP contribution in [0.1, 0.15) is 20.3 Å². The van der Waals surface area contributed by atoms with E-state index in [9.17, 15) is 0 Å². The Balaban J connectivity index is 2.26. The third kappa shape index (κ3) is 1.37. The highest BCUT2D eigenvalue weighted by Crippen LogP contribution is 2.29. The standard InChI is InChI=1S/C6H12S/c1-5-3-6(2)7-4-5/h5-6H,3-4H2,1-2H3/t5-,6+/m1/s1. The van der Waals surface area contributed by atoms with Gasteiger partial charge in [0, 0.05) is 5.25 Å². The molecular weight excluding hydrogens is 104 g/mol. The van der Waals surface area contributed by atoms with Gasteiger partial charge in [-0.3, -0.25) is 0 Å². The predicted molar refractivity (Wildman–Crippen MR) is 35.7 cm³/mol. The summed E-state index contributed by atoms with van der Waals surface area (Å²) in [6.07, 6.45) is 1.44. The molecule has 0 amide bonds. The Hall–Kier alpha value is 0.350. The average molecular weight is 116 g/mol. The van der Waals surface area contributed by atoms with Gasteiger partial charge in [-0.15, -0.1) is 0 Å². The first-order valence-corrected chi connectivity index (χ1v) is 3.95. The Kier molecular flexibility index (Phi) is 1.63. The highest BCUT2D eigenvalue weighted by Gasteiger charge is 2.16. The summed E-state index contributed by atoms with van der Waals surface area (Å²) in [7, 11) is 0. The van der Waals surface area contributed by atoms with Gasteiger partial charge in [-0.1, -0.05) is 13.8 Å². The van der Waals surface area contributed by atoms with Gasteiger partial charge in [0.2, 0.25) is 0 Å². The minimum Gasteiger partial charge on any atom is -0.159 e. The van der Waals surface area contributed by atoms with Gasteiger partial charge in [-0.05, 0) is 18.1 Å². The van der Waals surface area contributed by atoms with Gasteiger partial charge in [-0.25, -0.2) is 0 Å². The molecule has 0 bridgehead atoms. The van der Waals surface area contributed by atoms with Gasteiger partial charge in [0.05, 0.1) is 0 Å². The highest BCUT2D eigenvalue weighted by molar-refractivity contribution is 8.00. The molecule has 0 unspecified atom stereocenters. The van der Waals surface area contributed by atoms with Crippen LogP contribution in [0.3, 0.4) is 0 Å². The van der Waals surface area contributed by atoms with E-state index in [0.717, 1.165) is 11.2 Å². The monoisotopic (exact) mass is 116 g/mol. The zero-order valence-electron chi connectivity index (χ0n) is 4.98. The normalized spacial score (nSPS) is 42.0. The van der Waals surface area contributed by atoms with Crippen LogP contribution in [-0.2, 0) is 0 Å². The topological polar surface area (TPSA) is 0 Å². The van der Waals surface area contributed by atoms with Gasteiger partial charge >= 0.3 is 0 Å². The van der Waals surface area contributed by atoms with Crippen LogP contribution in [0.15, 0.2) is 0 Å². The first-order chi connectivity index (χ1) is 3.29. The molecule has 0 saturated carbocycles. The zero-order valence-corrected chi connectivity index (χ0v) is 5.79. The van der Waals surface area contributed by atoms with Crippen LogP contribution < -0.4 is 0 Å². The number of rotatable bonds is 0. The molecule has 7 heavy (non-hydrogen) atoms. The van der Waals surface area contributed by atoms with Crippen molar-refractivity contribution >= 4 is 11.8 Å². The SMILES string of the molecule is C[C@H]1CS[C@@H](C)C1. The van der Waals surface area contributed by atoms with E-state index in [0.29, 0.717) is 0 Å². The Bertz CT molecular complexity index is 53.2. The average Bonchev–Trinajstić information content (AvgIpc) is 1.87. The van der Waals surface area contributed by atoms with Crippen LogP contribution in [0.25, 0.3) is 0 Å². The number of hydrogen-bond donors (Lipinski definition) is 0. The number of hydrogen-bond acceptors (Lipinski definition) is 1. The van der Waals surface area contributed by atoms with E-state index in [1.807, 2.05) is 0 Å². The van der Waals surface area contributed by atoms with Crippen LogP contribution in [0.2, 0.25) is 0 Å². The van der Waals surface area contributed by atoms with Gasteiger partial charge < -0.3 is 0 Å². The van der Waals surface area contributed by atoms with Gasteiger partial charge in [-0.2, -0.15) is 11.8 Å². The quantitative estimate of drug-likeness (QED) is 0.467. The van der Waals surface area contributed by atoms with Crippen LogP contribution >= 0.6 is 11.8 Å². The van der Waals surface area contributed by atoms with Crippen molar-refractivity contribution in [1.29, 1.82) is 0 Å². The largest absolute Gasteiger partial charge is 0.159 e. The molecule has 0 spiro atoms. The summed E-state index contributed by atoms with van der Waals surface area (Å²) in [6.45, 7) is 4.64. The lowest BCUT2D eigenvalue weighted by Gasteiger charge is -1.94. The van der Waals surface area contributed by atoms with Gasteiger partial charge in [0.15, 0.2) is 0 Å². The van der Waals surface area contributed by atoms with Crippen LogP contribution in [0, 0.1) is 5.92 Å². The summed E-state index contributed by atoms with van der Waals surface area (Å²) >= 11 is 2.11. The maximum atomic E-state index is 2.33. The fourth-order valence-electron chi connectivity index (χ4n) is 1.03. The van der Waals surface area contributed by atoms with Crippen molar-refractivity contribution in [2.75, 3.05) is 5.75 Å². The molecule has 0 aromatic heterocycles. The number of thioether (sulfide) groups is 1. The molecule has 2 atom stereocenters. The zero-order chi connectivity index (χ0) is 5.28. The predicted octanol–water partition coefficient (Wildman–Crippen LogP) is 2.15. The smallest absolute Gasteiger partial charge is 0.00216 e. The van der Waals surface area contributed by atoms with Crippen molar-refractivity contribution in [1.82, 2.24) is 0 Å². The molecular formula is C6H12S. The summed E-state index contributed by atoms with van der Waals surface area (Å²) in [5, 5.41) is 0.940. The Morgan fingerprint density at radius 2 is 2.14 bits per heavy atom. The third-order valence-corrected chi connectivity index (χ3v) is 2.92.